The Morgan fingerprint density at radius 2 is 1.82 bits per heavy atom. The molecule has 1 rings (SSSR count). The molecule has 1 N–H and O–H groups in total. The number of hydrogen-bond donors (Lipinski definition) is 1. The van der Waals surface area contributed by atoms with Gasteiger partial charge >= 0.3 is 6.18 Å². The second kappa shape index (κ2) is 7.49. The van der Waals surface area contributed by atoms with Crippen LogP contribution in [0.4, 0.5) is 18.9 Å². The minimum absolute atomic E-state index is 0.0610. The Morgan fingerprint density at radius 3 is 2.32 bits per heavy atom. The van der Waals surface area contributed by atoms with Crippen molar-refractivity contribution in [3.63, 3.8) is 0 Å². The number of rotatable bonds is 5. The van der Waals surface area contributed by atoms with Gasteiger partial charge in [-0.25, -0.2) is 0 Å². The van der Waals surface area contributed by atoms with Crippen LogP contribution in [0, 0.1) is 0 Å². The highest BCUT2D eigenvalue weighted by Crippen LogP contribution is 2.36. The maximum atomic E-state index is 12.7. The maximum absolute atomic E-state index is 12.7. The Bertz CT molecular complexity index is 558. The molecule has 0 heterocycles. The number of carbonyl (C=O) groups excluding carboxylic acids is 2. The molecule has 0 saturated heterocycles. The minimum Gasteiger partial charge on any atom is -0.343 e. The van der Waals surface area contributed by atoms with Crippen molar-refractivity contribution >= 4 is 29.1 Å². The molecular formula is C14H16ClF3N2O2. The van der Waals surface area contributed by atoms with Gasteiger partial charge in [0.05, 0.1) is 10.6 Å². The molecule has 2 amide bonds. The summed E-state index contributed by atoms with van der Waals surface area (Å²) in [6.45, 7) is 4.46. The lowest BCUT2D eigenvalue weighted by molar-refractivity contribution is -0.138. The lowest BCUT2D eigenvalue weighted by Crippen LogP contribution is -2.33. The Hall–Kier alpha value is -1.76. The monoisotopic (exact) mass is 336 g/mol. The summed E-state index contributed by atoms with van der Waals surface area (Å²) in [6.07, 6.45) is -5.04. The number of alkyl halides is 3. The van der Waals surface area contributed by atoms with Crippen molar-refractivity contribution in [3.8, 4) is 0 Å². The molecule has 22 heavy (non-hydrogen) atoms. The van der Waals surface area contributed by atoms with Crippen LogP contribution in [-0.4, -0.2) is 29.8 Å². The molecule has 0 aliphatic heterocycles. The number of halogens is 4. The zero-order valence-electron chi connectivity index (χ0n) is 12.1. The van der Waals surface area contributed by atoms with Crippen LogP contribution in [0.3, 0.4) is 0 Å². The summed E-state index contributed by atoms with van der Waals surface area (Å²) in [4.78, 5) is 24.9. The number of carbonyl (C=O) groups is 2. The molecule has 0 aromatic heterocycles. The van der Waals surface area contributed by atoms with E-state index >= 15 is 0 Å². The summed E-state index contributed by atoms with van der Waals surface area (Å²) in [5, 5.41) is 1.82. The molecule has 1 aromatic rings. The van der Waals surface area contributed by atoms with Crippen LogP contribution in [0.15, 0.2) is 18.2 Å². The van der Waals surface area contributed by atoms with Crippen molar-refractivity contribution in [1.29, 1.82) is 0 Å². The van der Waals surface area contributed by atoms with Gasteiger partial charge in [-0.2, -0.15) is 13.2 Å². The molecule has 0 radical (unpaired) electrons. The Labute approximate surface area is 131 Å². The van der Waals surface area contributed by atoms with E-state index in [4.69, 9.17) is 11.6 Å². The number of nitrogens with zero attached hydrogens (tertiary/aromatic N) is 1. The van der Waals surface area contributed by atoms with E-state index in [0.717, 1.165) is 12.1 Å². The minimum atomic E-state index is -4.62. The van der Waals surface area contributed by atoms with Gasteiger partial charge in [-0.3, -0.25) is 9.59 Å². The first-order valence-corrected chi connectivity index (χ1v) is 7.01. The topological polar surface area (TPSA) is 49.4 Å². The van der Waals surface area contributed by atoms with Crippen LogP contribution >= 0.6 is 11.6 Å². The van der Waals surface area contributed by atoms with Crippen LogP contribution in [0.5, 0.6) is 0 Å². The van der Waals surface area contributed by atoms with Crippen molar-refractivity contribution in [1.82, 2.24) is 4.90 Å². The lowest BCUT2D eigenvalue weighted by atomic mass is 10.2. The first-order valence-electron chi connectivity index (χ1n) is 6.63. The lowest BCUT2D eigenvalue weighted by Gasteiger charge is -2.18. The quantitative estimate of drug-likeness (QED) is 0.836. The van der Waals surface area contributed by atoms with E-state index in [9.17, 15) is 22.8 Å². The van der Waals surface area contributed by atoms with Crippen LogP contribution in [0.25, 0.3) is 0 Å². The summed E-state index contributed by atoms with van der Waals surface area (Å²) in [6, 6.07) is 3.03. The molecule has 4 nitrogen and oxygen atoms in total. The van der Waals surface area contributed by atoms with E-state index in [1.54, 1.807) is 13.8 Å². The van der Waals surface area contributed by atoms with Gasteiger partial charge in [-0.15, -0.1) is 0 Å². The molecule has 0 aliphatic rings. The third-order valence-corrected chi connectivity index (χ3v) is 3.31. The fraction of sp³-hybridized carbons (Fsp3) is 0.429. The highest BCUT2D eigenvalue weighted by Gasteiger charge is 2.33. The third kappa shape index (κ3) is 4.91. The van der Waals surface area contributed by atoms with Gasteiger partial charge in [0.1, 0.15) is 6.42 Å². The fourth-order valence-electron chi connectivity index (χ4n) is 1.85. The number of benzene rings is 1. The molecule has 0 fully saturated rings. The Kier molecular flexibility index (Phi) is 6.22. The average molecular weight is 337 g/mol. The van der Waals surface area contributed by atoms with Crippen molar-refractivity contribution in [3.05, 3.63) is 28.8 Å². The van der Waals surface area contributed by atoms with E-state index < -0.39 is 29.1 Å². The van der Waals surface area contributed by atoms with Crippen LogP contribution < -0.4 is 5.32 Å². The first kappa shape index (κ1) is 18.3. The number of nitrogens with one attached hydrogen (secondary N) is 1. The number of anilines is 1. The van der Waals surface area contributed by atoms with Crippen LogP contribution in [0.1, 0.15) is 25.8 Å². The summed E-state index contributed by atoms with van der Waals surface area (Å²) < 4.78 is 38.1. The molecule has 0 unspecified atom stereocenters. The molecule has 122 valence electrons. The maximum Gasteiger partial charge on any atom is 0.417 e. The zero-order valence-corrected chi connectivity index (χ0v) is 12.9. The summed E-state index contributed by atoms with van der Waals surface area (Å²) in [5.41, 5.74) is -1.10. The predicted molar refractivity (Wildman–Crippen MR) is 77.6 cm³/mol. The molecule has 0 bridgehead atoms. The van der Waals surface area contributed by atoms with Gasteiger partial charge < -0.3 is 10.2 Å². The second-order valence-corrected chi connectivity index (χ2v) is 4.89. The standard InChI is InChI=1S/C14H16ClF3N2O2/c1-3-20(4-2)13(22)8-12(21)19-9-5-6-11(15)10(7-9)14(16,17)18/h5-7H,3-4,8H2,1-2H3,(H,19,21). The van der Waals surface area contributed by atoms with E-state index in [-0.39, 0.29) is 11.6 Å². The number of amides is 2. The van der Waals surface area contributed by atoms with Gasteiger partial charge in [-0.1, -0.05) is 11.6 Å². The van der Waals surface area contributed by atoms with E-state index in [1.807, 2.05) is 0 Å². The van der Waals surface area contributed by atoms with Crippen molar-refractivity contribution in [2.75, 3.05) is 18.4 Å². The van der Waals surface area contributed by atoms with Gasteiger partial charge in [-0.05, 0) is 32.0 Å². The van der Waals surface area contributed by atoms with Crippen molar-refractivity contribution < 1.29 is 22.8 Å². The number of hydrogen-bond acceptors (Lipinski definition) is 2. The molecule has 0 atom stereocenters. The molecule has 0 spiro atoms. The predicted octanol–water partition coefficient (Wildman–Crippen LogP) is 3.56. The SMILES string of the molecule is CCN(CC)C(=O)CC(=O)Nc1ccc(Cl)c(C(F)(F)F)c1. The molecule has 8 heteroatoms. The molecular weight excluding hydrogens is 321 g/mol. The summed E-state index contributed by atoms with van der Waals surface area (Å²) >= 11 is 5.49. The van der Waals surface area contributed by atoms with E-state index in [0.29, 0.717) is 13.1 Å². The smallest absolute Gasteiger partial charge is 0.343 e. The zero-order chi connectivity index (χ0) is 16.9. The van der Waals surface area contributed by atoms with E-state index in [1.165, 1.54) is 11.0 Å². The highest BCUT2D eigenvalue weighted by molar-refractivity contribution is 6.31. The summed E-state index contributed by atoms with van der Waals surface area (Å²) in [5.74, 6) is -1.06. The van der Waals surface area contributed by atoms with E-state index in [2.05, 4.69) is 5.32 Å². The van der Waals surface area contributed by atoms with Crippen LogP contribution in [0.2, 0.25) is 5.02 Å². The van der Waals surface area contributed by atoms with Gasteiger partial charge in [0.15, 0.2) is 0 Å². The molecule has 0 saturated carbocycles. The van der Waals surface area contributed by atoms with Crippen LogP contribution in [-0.2, 0) is 15.8 Å². The van der Waals surface area contributed by atoms with Crippen molar-refractivity contribution in [2.24, 2.45) is 0 Å². The average Bonchev–Trinajstić information content (AvgIpc) is 2.41. The third-order valence-electron chi connectivity index (χ3n) is 2.98. The normalized spacial score (nSPS) is 11.2. The molecule has 0 aliphatic carbocycles. The van der Waals surface area contributed by atoms with Gasteiger partial charge in [0.25, 0.3) is 0 Å². The Balaban J connectivity index is 2.79. The summed E-state index contributed by atoms with van der Waals surface area (Å²) in [7, 11) is 0. The van der Waals surface area contributed by atoms with Crippen molar-refractivity contribution in [2.45, 2.75) is 26.4 Å². The molecule has 1 aromatic carbocycles. The first-order chi connectivity index (χ1) is 10.2. The van der Waals surface area contributed by atoms with Gasteiger partial charge in [0, 0.05) is 18.8 Å². The second-order valence-electron chi connectivity index (χ2n) is 4.48. The Morgan fingerprint density at radius 1 is 1.23 bits per heavy atom. The largest absolute Gasteiger partial charge is 0.417 e. The highest BCUT2D eigenvalue weighted by atomic mass is 35.5. The fourth-order valence-corrected chi connectivity index (χ4v) is 2.08. The van der Waals surface area contributed by atoms with Gasteiger partial charge in [0.2, 0.25) is 11.8 Å².